The van der Waals surface area contributed by atoms with Crippen molar-refractivity contribution in [3.05, 3.63) is 35.3 Å². The van der Waals surface area contributed by atoms with Crippen molar-refractivity contribution < 1.29 is 9.47 Å². The summed E-state index contributed by atoms with van der Waals surface area (Å²) in [6.07, 6.45) is 1.80. The van der Waals surface area contributed by atoms with Crippen LogP contribution >= 0.6 is 23.1 Å². The lowest BCUT2D eigenvalue weighted by atomic mass is 10.1. The molecule has 19 heavy (non-hydrogen) atoms. The van der Waals surface area contributed by atoms with Crippen LogP contribution in [0.3, 0.4) is 0 Å². The van der Waals surface area contributed by atoms with E-state index in [2.05, 4.69) is 4.98 Å². The summed E-state index contributed by atoms with van der Waals surface area (Å²) in [5, 5.41) is 1.96. The van der Waals surface area contributed by atoms with Crippen molar-refractivity contribution in [3.8, 4) is 11.5 Å². The second-order valence-corrected chi connectivity index (χ2v) is 5.99. The molecule has 0 bridgehead atoms. The van der Waals surface area contributed by atoms with Crippen molar-refractivity contribution in [2.45, 2.75) is 10.4 Å². The summed E-state index contributed by atoms with van der Waals surface area (Å²) >= 11 is 3.28. The number of hydrogen-bond donors (Lipinski definition) is 1. The number of nitrogens with two attached hydrogens (primary N) is 1. The second kappa shape index (κ2) is 6.79. The number of aromatic nitrogens is 1. The Hall–Kier alpha value is -1.24. The van der Waals surface area contributed by atoms with Crippen molar-refractivity contribution in [3.63, 3.8) is 0 Å². The molecular weight excluding hydrogens is 280 g/mol. The maximum absolute atomic E-state index is 6.21. The summed E-state index contributed by atoms with van der Waals surface area (Å²) in [6, 6.07) is 5.59. The van der Waals surface area contributed by atoms with Crippen LogP contribution in [0, 0.1) is 0 Å². The highest BCUT2D eigenvalue weighted by atomic mass is 32.2. The molecule has 1 heterocycles. The van der Waals surface area contributed by atoms with Gasteiger partial charge in [0.1, 0.15) is 15.8 Å². The van der Waals surface area contributed by atoms with Crippen LogP contribution in [-0.4, -0.2) is 25.0 Å². The quantitative estimate of drug-likeness (QED) is 0.831. The lowest BCUT2D eigenvalue weighted by molar-refractivity contribution is 0.389. The molecule has 0 aliphatic carbocycles. The Morgan fingerprint density at radius 3 is 2.84 bits per heavy atom. The molecule has 102 valence electrons. The van der Waals surface area contributed by atoms with Gasteiger partial charge in [-0.1, -0.05) is 17.8 Å². The first kappa shape index (κ1) is 14.2. The third-order valence-electron chi connectivity index (χ3n) is 2.64. The van der Waals surface area contributed by atoms with Gasteiger partial charge in [-0.15, -0.1) is 11.3 Å². The van der Waals surface area contributed by atoms with Crippen molar-refractivity contribution in [1.29, 1.82) is 0 Å². The highest BCUT2D eigenvalue weighted by Crippen LogP contribution is 2.31. The van der Waals surface area contributed by atoms with Gasteiger partial charge in [0.25, 0.3) is 0 Å². The van der Waals surface area contributed by atoms with Gasteiger partial charge in [-0.25, -0.2) is 4.98 Å². The number of rotatable bonds is 6. The Balaban J connectivity index is 2.07. The average molecular weight is 296 g/mol. The minimum absolute atomic E-state index is 0.102. The van der Waals surface area contributed by atoms with Gasteiger partial charge in [0.15, 0.2) is 0 Å². The van der Waals surface area contributed by atoms with Crippen LogP contribution in [0.1, 0.15) is 11.6 Å². The molecule has 2 N–H and O–H groups in total. The van der Waals surface area contributed by atoms with E-state index >= 15 is 0 Å². The highest BCUT2D eigenvalue weighted by molar-refractivity contribution is 8.01. The van der Waals surface area contributed by atoms with Gasteiger partial charge < -0.3 is 15.2 Å². The first-order valence-corrected chi connectivity index (χ1v) is 7.61. The molecule has 1 aromatic carbocycles. The van der Waals surface area contributed by atoms with Crippen LogP contribution in [0.4, 0.5) is 0 Å². The van der Waals surface area contributed by atoms with Crippen LogP contribution in [0.2, 0.25) is 0 Å². The Morgan fingerprint density at radius 1 is 1.37 bits per heavy atom. The molecule has 0 saturated carbocycles. The maximum Gasteiger partial charge on any atom is 0.149 e. The normalized spacial score (nSPS) is 12.2. The third-order valence-corrected chi connectivity index (χ3v) is 4.72. The van der Waals surface area contributed by atoms with Gasteiger partial charge in [0, 0.05) is 35.0 Å². The zero-order valence-electron chi connectivity index (χ0n) is 10.8. The van der Waals surface area contributed by atoms with Crippen molar-refractivity contribution in [1.82, 2.24) is 4.98 Å². The molecule has 0 amide bonds. The second-order valence-electron chi connectivity index (χ2n) is 3.82. The third kappa shape index (κ3) is 3.62. The van der Waals surface area contributed by atoms with Gasteiger partial charge in [0.05, 0.1) is 14.2 Å². The van der Waals surface area contributed by atoms with Crippen LogP contribution in [0.15, 0.2) is 34.1 Å². The first-order chi connectivity index (χ1) is 9.24. The Bertz CT molecular complexity index is 517. The minimum atomic E-state index is -0.102. The van der Waals surface area contributed by atoms with E-state index in [4.69, 9.17) is 15.2 Å². The van der Waals surface area contributed by atoms with E-state index in [1.807, 2.05) is 23.6 Å². The summed E-state index contributed by atoms with van der Waals surface area (Å²) in [5.74, 6) is 2.28. The summed E-state index contributed by atoms with van der Waals surface area (Å²) in [4.78, 5) is 4.23. The lowest BCUT2D eigenvalue weighted by Crippen LogP contribution is -2.14. The maximum atomic E-state index is 6.21. The zero-order valence-corrected chi connectivity index (χ0v) is 12.5. The molecule has 0 spiro atoms. The average Bonchev–Trinajstić information content (AvgIpc) is 2.97. The summed E-state index contributed by atoms with van der Waals surface area (Å²) in [6.45, 7) is 0. The van der Waals surface area contributed by atoms with Crippen molar-refractivity contribution in [2.24, 2.45) is 5.73 Å². The molecule has 0 aliphatic rings. The SMILES string of the molecule is COc1ccc(C(N)CSc2nccs2)c(OC)c1. The van der Waals surface area contributed by atoms with E-state index in [1.165, 1.54) is 0 Å². The first-order valence-electron chi connectivity index (χ1n) is 5.74. The molecule has 1 aromatic heterocycles. The predicted octanol–water partition coefficient (Wildman–Crippen LogP) is 2.95. The number of hydrogen-bond acceptors (Lipinski definition) is 6. The highest BCUT2D eigenvalue weighted by Gasteiger charge is 2.14. The summed E-state index contributed by atoms with van der Waals surface area (Å²) in [7, 11) is 3.27. The molecule has 0 radical (unpaired) electrons. The number of benzene rings is 1. The van der Waals surface area contributed by atoms with Gasteiger partial charge >= 0.3 is 0 Å². The van der Waals surface area contributed by atoms with Crippen LogP contribution in [0.25, 0.3) is 0 Å². The van der Waals surface area contributed by atoms with E-state index in [1.54, 1.807) is 43.5 Å². The predicted molar refractivity (Wildman–Crippen MR) is 79.3 cm³/mol. The zero-order chi connectivity index (χ0) is 13.7. The van der Waals surface area contributed by atoms with E-state index in [0.717, 1.165) is 27.2 Å². The van der Waals surface area contributed by atoms with Gasteiger partial charge in [0.2, 0.25) is 0 Å². The van der Waals surface area contributed by atoms with Gasteiger partial charge in [-0.05, 0) is 6.07 Å². The molecule has 0 fully saturated rings. The smallest absolute Gasteiger partial charge is 0.149 e. The molecule has 2 rings (SSSR count). The lowest BCUT2D eigenvalue weighted by Gasteiger charge is -2.15. The van der Waals surface area contributed by atoms with E-state index in [0.29, 0.717) is 0 Å². The number of nitrogens with zero attached hydrogens (tertiary/aromatic N) is 1. The minimum Gasteiger partial charge on any atom is -0.497 e. The van der Waals surface area contributed by atoms with E-state index in [-0.39, 0.29) is 6.04 Å². The fourth-order valence-electron chi connectivity index (χ4n) is 1.66. The van der Waals surface area contributed by atoms with Gasteiger partial charge in [-0.2, -0.15) is 0 Å². The summed E-state index contributed by atoms with van der Waals surface area (Å²) in [5.41, 5.74) is 7.19. The van der Waals surface area contributed by atoms with Crippen LogP contribution < -0.4 is 15.2 Å². The van der Waals surface area contributed by atoms with Crippen molar-refractivity contribution >= 4 is 23.1 Å². The van der Waals surface area contributed by atoms with Crippen molar-refractivity contribution in [2.75, 3.05) is 20.0 Å². The Kier molecular flexibility index (Phi) is 5.07. The molecule has 1 atom stereocenters. The molecule has 2 aromatic rings. The molecular formula is C13H16N2O2S2. The van der Waals surface area contributed by atoms with Gasteiger partial charge in [-0.3, -0.25) is 0 Å². The standard InChI is InChI=1S/C13H16N2O2S2/c1-16-9-3-4-10(12(7-9)17-2)11(14)8-19-13-15-5-6-18-13/h3-7,11H,8,14H2,1-2H3. The summed E-state index contributed by atoms with van der Waals surface area (Å²) < 4.78 is 11.6. The molecule has 4 nitrogen and oxygen atoms in total. The van der Waals surface area contributed by atoms with Crippen LogP contribution in [0.5, 0.6) is 11.5 Å². The van der Waals surface area contributed by atoms with Crippen LogP contribution in [-0.2, 0) is 0 Å². The molecule has 0 saturated heterocycles. The fraction of sp³-hybridized carbons (Fsp3) is 0.308. The Labute approximate surface area is 120 Å². The number of thiazole rings is 1. The van der Waals surface area contributed by atoms with E-state index < -0.39 is 0 Å². The number of methoxy groups -OCH3 is 2. The van der Waals surface area contributed by atoms with E-state index in [9.17, 15) is 0 Å². The monoisotopic (exact) mass is 296 g/mol. The largest absolute Gasteiger partial charge is 0.497 e. The molecule has 1 unspecified atom stereocenters. The fourth-order valence-corrected chi connectivity index (χ4v) is 3.30. The Morgan fingerprint density at radius 2 is 2.21 bits per heavy atom. The number of thioether (sulfide) groups is 1. The molecule has 6 heteroatoms. The topological polar surface area (TPSA) is 57.4 Å². The number of ether oxygens (including phenoxy) is 2. The molecule has 0 aliphatic heterocycles.